The van der Waals surface area contributed by atoms with Crippen LogP contribution < -0.4 is 14.9 Å². The van der Waals surface area contributed by atoms with Crippen LogP contribution in [0.2, 0.25) is 0 Å². The molecule has 0 heterocycles. The Balaban J connectivity index is 2.00. The zero-order valence-electron chi connectivity index (χ0n) is 15.7. The zero-order chi connectivity index (χ0) is 19.5. The van der Waals surface area contributed by atoms with Crippen LogP contribution in [0.5, 0.6) is 11.5 Å². The monoisotopic (exact) mass is 432 g/mol. The van der Waals surface area contributed by atoms with Crippen molar-refractivity contribution in [2.24, 2.45) is 5.10 Å². The number of hydrogen-bond acceptors (Lipinski definition) is 4. The lowest BCUT2D eigenvalue weighted by atomic mass is 10.2. The molecule has 0 aliphatic heterocycles. The molecule has 2 aromatic carbocycles. The number of carbonyl (C=O) groups is 1. The molecule has 1 N–H and O–H groups in total. The zero-order valence-corrected chi connectivity index (χ0v) is 17.3. The van der Waals surface area contributed by atoms with E-state index < -0.39 is 0 Å². The maximum atomic E-state index is 11.6. The van der Waals surface area contributed by atoms with Crippen molar-refractivity contribution in [1.29, 1.82) is 0 Å². The predicted octanol–water partition coefficient (Wildman–Crippen LogP) is 5.07. The van der Waals surface area contributed by atoms with Gasteiger partial charge in [0.15, 0.2) is 11.5 Å². The molecule has 0 saturated carbocycles. The van der Waals surface area contributed by atoms with Crippen LogP contribution in [-0.4, -0.2) is 18.7 Å². The number of halogens is 1. The van der Waals surface area contributed by atoms with E-state index >= 15 is 0 Å². The molecule has 0 atom stereocenters. The summed E-state index contributed by atoms with van der Waals surface area (Å²) in [5.41, 5.74) is 4.43. The Morgan fingerprint density at radius 3 is 2.59 bits per heavy atom. The average molecular weight is 433 g/mol. The van der Waals surface area contributed by atoms with Gasteiger partial charge in [-0.25, -0.2) is 5.43 Å². The van der Waals surface area contributed by atoms with Crippen molar-refractivity contribution in [2.75, 3.05) is 6.61 Å². The Hall–Kier alpha value is -2.34. The summed E-state index contributed by atoms with van der Waals surface area (Å²) in [5.74, 6) is 1.24. The molecule has 27 heavy (non-hydrogen) atoms. The van der Waals surface area contributed by atoms with Gasteiger partial charge >= 0.3 is 0 Å². The predicted molar refractivity (Wildman–Crippen MR) is 111 cm³/mol. The molecule has 0 saturated heterocycles. The first-order valence-electron chi connectivity index (χ1n) is 9.08. The van der Waals surface area contributed by atoms with Crippen molar-refractivity contribution < 1.29 is 14.3 Å². The van der Waals surface area contributed by atoms with Gasteiger partial charge < -0.3 is 9.47 Å². The summed E-state index contributed by atoms with van der Waals surface area (Å²) in [7, 11) is 0. The van der Waals surface area contributed by atoms with Gasteiger partial charge in [0.1, 0.15) is 6.61 Å². The number of hydrogen-bond donors (Lipinski definition) is 1. The van der Waals surface area contributed by atoms with Crippen molar-refractivity contribution >= 4 is 28.1 Å². The van der Waals surface area contributed by atoms with Crippen molar-refractivity contribution in [1.82, 2.24) is 5.43 Å². The van der Waals surface area contributed by atoms with Crippen LogP contribution >= 0.6 is 15.9 Å². The Morgan fingerprint density at radius 2 is 1.89 bits per heavy atom. The Bertz CT molecular complexity index is 761. The molecule has 2 aromatic rings. The molecule has 0 radical (unpaired) electrons. The molecule has 2 rings (SSSR count). The van der Waals surface area contributed by atoms with Crippen molar-refractivity contribution in [3.63, 3.8) is 0 Å². The number of rotatable bonds is 10. The van der Waals surface area contributed by atoms with E-state index in [9.17, 15) is 4.79 Å². The standard InChI is InChI=1S/C21H25BrN2O3/c1-3-5-6-21(25)24-23-14-17-9-12-19(20(13-17)26-4-2)27-15-16-7-10-18(22)11-8-16/h7-14H,3-6,15H2,1-2H3,(H,24,25)/b23-14+. The number of hydrazone groups is 1. The summed E-state index contributed by atoms with van der Waals surface area (Å²) in [6.45, 7) is 4.96. The molecule has 0 aliphatic rings. The second-order valence-corrected chi connectivity index (χ2v) is 6.87. The summed E-state index contributed by atoms with van der Waals surface area (Å²) in [6, 6.07) is 13.6. The third-order valence-electron chi connectivity index (χ3n) is 3.74. The first-order chi connectivity index (χ1) is 13.1. The molecule has 6 heteroatoms. The SMILES string of the molecule is CCCCC(=O)N/N=C/c1ccc(OCc2ccc(Br)cc2)c(OCC)c1. The minimum Gasteiger partial charge on any atom is -0.490 e. The molecule has 0 unspecified atom stereocenters. The fraction of sp³-hybridized carbons (Fsp3) is 0.333. The smallest absolute Gasteiger partial charge is 0.240 e. The van der Waals surface area contributed by atoms with Gasteiger partial charge in [0.05, 0.1) is 12.8 Å². The highest BCUT2D eigenvalue weighted by Crippen LogP contribution is 2.29. The van der Waals surface area contributed by atoms with Crippen molar-refractivity contribution in [3.05, 3.63) is 58.1 Å². The second kappa shape index (κ2) is 11.4. The van der Waals surface area contributed by atoms with E-state index in [4.69, 9.17) is 9.47 Å². The number of benzene rings is 2. The van der Waals surface area contributed by atoms with Gasteiger partial charge in [-0.1, -0.05) is 41.4 Å². The van der Waals surface area contributed by atoms with Gasteiger partial charge in [0.25, 0.3) is 0 Å². The van der Waals surface area contributed by atoms with Crippen LogP contribution in [0.1, 0.15) is 44.2 Å². The lowest BCUT2D eigenvalue weighted by Gasteiger charge is -2.12. The van der Waals surface area contributed by atoms with Gasteiger partial charge in [-0.15, -0.1) is 0 Å². The summed E-state index contributed by atoms with van der Waals surface area (Å²) in [5, 5.41) is 4.00. The number of nitrogens with one attached hydrogen (secondary N) is 1. The Kier molecular flexibility index (Phi) is 8.84. The van der Waals surface area contributed by atoms with E-state index in [2.05, 4.69) is 26.5 Å². The fourth-order valence-electron chi connectivity index (χ4n) is 2.31. The summed E-state index contributed by atoms with van der Waals surface area (Å²) < 4.78 is 12.6. The molecule has 0 aliphatic carbocycles. The minimum absolute atomic E-state index is 0.0763. The molecule has 1 amide bonds. The first-order valence-corrected chi connectivity index (χ1v) is 9.87. The highest BCUT2D eigenvalue weighted by atomic mass is 79.9. The number of unbranched alkanes of at least 4 members (excludes halogenated alkanes) is 1. The Morgan fingerprint density at radius 1 is 1.11 bits per heavy atom. The second-order valence-electron chi connectivity index (χ2n) is 5.95. The van der Waals surface area contributed by atoms with Crippen molar-refractivity contribution in [2.45, 2.75) is 39.7 Å². The molecule has 0 fully saturated rings. The van der Waals surface area contributed by atoms with Crippen LogP contribution in [0.4, 0.5) is 0 Å². The third kappa shape index (κ3) is 7.43. The van der Waals surface area contributed by atoms with Crippen molar-refractivity contribution in [3.8, 4) is 11.5 Å². The van der Waals surface area contributed by atoms with Gasteiger partial charge in [0, 0.05) is 10.9 Å². The molecule has 0 aromatic heterocycles. The normalized spacial score (nSPS) is 10.8. The first kappa shape index (κ1) is 21.0. The molecule has 144 valence electrons. The number of ether oxygens (including phenoxy) is 2. The molecular formula is C21H25BrN2O3. The summed E-state index contributed by atoms with van der Waals surface area (Å²) >= 11 is 3.42. The largest absolute Gasteiger partial charge is 0.490 e. The molecular weight excluding hydrogens is 408 g/mol. The Labute approximate surface area is 168 Å². The number of carbonyl (C=O) groups excluding carboxylic acids is 1. The van der Waals surface area contributed by atoms with E-state index in [1.54, 1.807) is 6.21 Å². The van der Waals surface area contributed by atoms with E-state index in [-0.39, 0.29) is 5.91 Å². The number of amides is 1. The molecule has 0 bridgehead atoms. The number of nitrogens with zero attached hydrogens (tertiary/aromatic N) is 1. The lowest BCUT2D eigenvalue weighted by Crippen LogP contribution is -2.16. The van der Waals surface area contributed by atoms with E-state index in [1.165, 1.54) is 0 Å². The average Bonchev–Trinajstić information content (AvgIpc) is 2.67. The van der Waals surface area contributed by atoms with Crippen LogP contribution in [0, 0.1) is 0 Å². The quantitative estimate of drug-likeness (QED) is 0.421. The summed E-state index contributed by atoms with van der Waals surface area (Å²) in [4.78, 5) is 11.6. The maximum absolute atomic E-state index is 11.6. The lowest BCUT2D eigenvalue weighted by molar-refractivity contribution is -0.121. The third-order valence-corrected chi connectivity index (χ3v) is 4.26. The molecule has 0 spiro atoms. The van der Waals surface area contributed by atoms with Gasteiger partial charge in [-0.2, -0.15) is 5.10 Å². The summed E-state index contributed by atoms with van der Waals surface area (Å²) in [6.07, 6.45) is 3.93. The van der Waals surface area contributed by atoms with E-state index in [0.29, 0.717) is 31.1 Å². The topological polar surface area (TPSA) is 59.9 Å². The van der Waals surface area contributed by atoms with Crippen LogP contribution in [0.15, 0.2) is 52.0 Å². The highest BCUT2D eigenvalue weighted by molar-refractivity contribution is 9.10. The molecule has 5 nitrogen and oxygen atoms in total. The highest BCUT2D eigenvalue weighted by Gasteiger charge is 2.07. The maximum Gasteiger partial charge on any atom is 0.240 e. The minimum atomic E-state index is -0.0763. The van der Waals surface area contributed by atoms with E-state index in [0.717, 1.165) is 28.4 Å². The van der Waals surface area contributed by atoms with Gasteiger partial charge in [-0.05, 0) is 54.8 Å². The van der Waals surface area contributed by atoms with Crippen LogP contribution in [0.3, 0.4) is 0 Å². The van der Waals surface area contributed by atoms with E-state index in [1.807, 2.05) is 56.3 Å². The van der Waals surface area contributed by atoms with Gasteiger partial charge in [0.2, 0.25) is 5.91 Å². The van der Waals surface area contributed by atoms with Gasteiger partial charge in [-0.3, -0.25) is 4.79 Å². The van der Waals surface area contributed by atoms with Crippen LogP contribution in [0.25, 0.3) is 0 Å². The van der Waals surface area contributed by atoms with Crippen LogP contribution in [-0.2, 0) is 11.4 Å². The fourth-order valence-corrected chi connectivity index (χ4v) is 2.57.